The highest BCUT2D eigenvalue weighted by molar-refractivity contribution is 9.10. The Morgan fingerprint density at radius 3 is 2.53 bits per heavy atom. The second-order valence-electron chi connectivity index (χ2n) is 5.31. The molecule has 0 amide bonds. The third-order valence-electron chi connectivity index (χ3n) is 4.03. The highest BCUT2D eigenvalue weighted by Gasteiger charge is 2.20. The van der Waals surface area contributed by atoms with Crippen LogP contribution in [0.3, 0.4) is 0 Å². The van der Waals surface area contributed by atoms with E-state index in [0.29, 0.717) is 6.04 Å². The van der Waals surface area contributed by atoms with Gasteiger partial charge in [0.15, 0.2) is 0 Å². The van der Waals surface area contributed by atoms with Crippen LogP contribution in [0.1, 0.15) is 25.8 Å². The summed E-state index contributed by atoms with van der Waals surface area (Å²) in [7, 11) is 0. The van der Waals surface area contributed by atoms with Crippen LogP contribution in [0.2, 0.25) is 5.02 Å². The fraction of sp³-hybridized carbons (Fsp3) is 0.600. The summed E-state index contributed by atoms with van der Waals surface area (Å²) in [6.45, 7) is 10.2. The van der Waals surface area contributed by atoms with Gasteiger partial charge in [0.2, 0.25) is 0 Å². The van der Waals surface area contributed by atoms with Crippen molar-refractivity contribution in [3.63, 3.8) is 0 Å². The largest absolute Gasteiger partial charge is 0.298 e. The maximum Gasteiger partial charge on any atom is 0.0462 e. The average Bonchev–Trinajstić information content (AvgIpc) is 2.42. The van der Waals surface area contributed by atoms with E-state index in [9.17, 15) is 0 Å². The molecular formula is C15H22BrClN2. The van der Waals surface area contributed by atoms with Gasteiger partial charge in [0.1, 0.15) is 0 Å². The van der Waals surface area contributed by atoms with Crippen molar-refractivity contribution in [1.29, 1.82) is 0 Å². The SMILES string of the molecule is CCC(C)N1CCN(Cc2ccc(Br)cc2Cl)CC1. The molecule has 2 rings (SSSR count). The first kappa shape index (κ1) is 15.3. The van der Waals surface area contributed by atoms with Crippen LogP contribution in [0, 0.1) is 0 Å². The lowest BCUT2D eigenvalue weighted by Crippen LogP contribution is -2.49. The van der Waals surface area contributed by atoms with Gasteiger partial charge in [0, 0.05) is 48.3 Å². The Morgan fingerprint density at radius 2 is 1.95 bits per heavy atom. The molecule has 0 radical (unpaired) electrons. The number of piperazine rings is 1. The zero-order valence-corrected chi connectivity index (χ0v) is 14.0. The molecule has 19 heavy (non-hydrogen) atoms. The molecule has 1 aliphatic heterocycles. The molecular weight excluding hydrogens is 324 g/mol. The minimum Gasteiger partial charge on any atom is -0.298 e. The maximum absolute atomic E-state index is 6.28. The topological polar surface area (TPSA) is 6.48 Å². The summed E-state index contributed by atoms with van der Waals surface area (Å²) in [4.78, 5) is 5.08. The molecule has 1 aromatic rings. The average molecular weight is 346 g/mol. The standard InChI is InChI=1S/C15H22BrClN2/c1-3-12(2)19-8-6-18(7-9-19)11-13-4-5-14(16)10-15(13)17/h4-5,10,12H,3,6-9,11H2,1-2H3. The summed E-state index contributed by atoms with van der Waals surface area (Å²) in [6.07, 6.45) is 1.23. The Morgan fingerprint density at radius 1 is 1.26 bits per heavy atom. The van der Waals surface area contributed by atoms with Crippen LogP contribution < -0.4 is 0 Å². The summed E-state index contributed by atoms with van der Waals surface area (Å²) in [5, 5.41) is 0.860. The lowest BCUT2D eigenvalue weighted by atomic mass is 10.1. The van der Waals surface area contributed by atoms with Crippen molar-refractivity contribution < 1.29 is 0 Å². The summed E-state index contributed by atoms with van der Waals surface area (Å²) in [6, 6.07) is 6.87. The van der Waals surface area contributed by atoms with E-state index in [4.69, 9.17) is 11.6 Å². The van der Waals surface area contributed by atoms with Crippen molar-refractivity contribution >= 4 is 27.5 Å². The van der Waals surface area contributed by atoms with Crippen LogP contribution in [0.5, 0.6) is 0 Å². The van der Waals surface area contributed by atoms with Crippen molar-refractivity contribution in [1.82, 2.24) is 9.80 Å². The van der Waals surface area contributed by atoms with Gasteiger partial charge in [-0.3, -0.25) is 9.80 Å². The van der Waals surface area contributed by atoms with Crippen molar-refractivity contribution in [2.75, 3.05) is 26.2 Å². The van der Waals surface area contributed by atoms with E-state index in [1.165, 1.54) is 25.1 Å². The second-order valence-corrected chi connectivity index (χ2v) is 6.63. The second kappa shape index (κ2) is 7.07. The van der Waals surface area contributed by atoms with E-state index < -0.39 is 0 Å². The number of nitrogens with zero attached hydrogens (tertiary/aromatic N) is 2. The first-order chi connectivity index (χ1) is 9.10. The van der Waals surface area contributed by atoms with E-state index >= 15 is 0 Å². The molecule has 1 fully saturated rings. The fourth-order valence-electron chi connectivity index (χ4n) is 2.51. The molecule has 0 N–H and O–H groups in total. The Kier molecular flexibility index (Phi) is 5.70. The van der Waals surface area contributed by atoms with E-state index in [0.717, 1.165) is 29.1 Å². The Balaban J connectivity index is 1.88. The van der Waals surface area contributed by atoms with Crippen molar-refractivity contribution in [3.8, 4) is 0 Å². The van der Waals surface area contributed by atoms with Crippen LogP contribution in [-0.4, -0.2) is 42.0 Å². The monoisotopic (exact) mass is 344 g/mol. The molecule has 0 aliphatic carbocycles. The zero-order valence-electron chi connectivity index (χ0n) is 11.7. The number of halogens is 2. The third-order valence-corrected chi connectivity index (χ3v) is 4.88. The molecule has 0 aromatic heterocycles. The molecule has 106 valence electrons. The van der Waals surface area contributed by atoms with Crippen LogP contribution in [-0.2, 0) is 6.54 Å². The lowest BCUT2D eigenvalue weighted by Gasteiger charge is -2.38. The number of hydrogen-bond acceptors (Lipinski definition) is 2. The molecule has 0 saturated carbocycles. The fourth-order valence-corrected chi connectivity index (χ4v) is 3.24. The van der Waals surface area contributed by atoms with Crippen LogP contribution in [0.4, 0.5) is 0 Å². The minimum absolute atomic E-state index is 0.707. The summed E-state index contributed by atoms with van der Waals surface area (Å²) < 4.78 is 1.04. The number of rotatable bonds is 4. The number of benzene rings is 1. The van der Waals surface area contributed by atoms with E-state index in [1.807, 2.05) is 6.07 Å². The summed E-state index contributed by atoms with van der Waals surface area (Å²) >= 11 is 9.73. The molecule has 1 unspecified atom stereocenters. The normalized spacial score (nSPS) is 19.6. The molecule has 2 nitrogen and oxygen atoms in total. The molecule has 1 heterocycles. The van der Waals surface area contributed by atoms with E-state index in [1.54, 1.807) is 0 Å². The molecule has 0 spiro atoms. The quantitative estimate of drug-likeness (QED) is 0.813. The highest BCUT2D eigenvalue weighted by Crippen LogP contribution is 2.23. The zero-order chi connectivity index (χ0) is 13.8. The molecule has 4 heteroatoms. The van der Waals surface area contributed by atoms with Crippen molar-refractivity contribution in [2.24, 2.45) is 0 Å². The highest BCUT2D eigenvalue weighted by atomic mass is 79.9. The van der Waals surface area contributed by atoms with Crippen LogP contribution in [0.25, 0.3) is 0 Å². The predicted molar refractivity (Wildman–Crippen MR) is 85.8 cm³/mol. The Labute approximate surface area is 129 Å². The molecule has 1 atom stereocenters. The molecule has 1 aromatic carbocycles. The van der Waals surface area contributed by atoms with Gasteiger partial charge in [0.25, 0.3) is 0 Å². The maximum atomic E-state index is 6.28. The van der Waals surface area contributed by atoms with Gasteiger partial charge in [-0.2, -0.15) is 0 Å². The van der Waals surface area contributed by atoms with Gasteiger partial charge in [-0.25, -0.2) is 0 Å². The lowest BCUT2D eigenvalue weighted by molar-refractivity contribution is 0.0964. The van der Waals surface area contributed by atoms with Gasteiger partial charge >= 0.3 is 0 Å². The van der Waals surface area contributed by atoms with Crippen molar-refractivity contribution in [3.05, 3.63) is 33.3 Å². The Bertz CT molecular complexity index is 417. The predicted octanol–water partition coefficient (Wildman–Crippen LogP) is 4.02. The van der Waals surface area contributed by atoms with Gasteiger partial charge in [0.05, 0.1) is 0 Å². The van der Waals surface area contributed by atoms with E-state index in [2.05, 4.69) is 51.7 Å². The minimum atomic E-state index is 0.707. The van der Waals surface area contributed by atoms with Crippen molar-refractivity contribution in [2.45, 2.75) is 32.9 Å². The van der Waals surface area contributed by atoms with Gasteiger partial charge in [-0.05, 0) is 31.0 Å². The smallest absolute Gasteiger partial charge is 0.0462 e. The van der Waals surface area contributed by atoms with E-state index in [-0.39, 0.29) is 0 Å². The first-order valence-electron chi connectivity index (χ1n) is 7.00. The molecule has 0 bridgehead atoms. The Hall–Kier alpha value is -0.0900. The molecule has 1 aliphatic rings. The van der Waals surface area contributed by atoms with Gasteiger partial charge in [-0.15, -0.1) is 0 Å². The first-order valence-corrected chi connectivity index (χ1v) is 8.17. The summed E-state index contributed by atoms with van der Waals surface area (Å²) in [5.41, 5.74) is 1.22. The van der Waals surface area contributed by atoms with Gasteiger partial charge < -0.3 is 0 Å². The summed E-state index contributed by atoms with van der Waals surface area (Å²) in [5.74, 6) is 0. The third kappa shape index (κ3) is 4.19. The van der Waals surface area contributed by atoms with Crippen LogP contribution >= 0.6 is 27.5 Å². The number of hydrogen-bond donors (Lipinski definition) is 0. The molecule has 1 saturated heterocycles. The van der Waals surface area contributed by atoms with Crippen LogP contribution in [0.15, 0.2) is 22.7 Å². The van der Waals surface area contributed by atoms with Gasteiger partial charge in [-0.1, -0.05) is 40.5 Å².